The molecule has 0 unspecified atom stereocenters. The average molecular weight is 410 g/mol. The zero-order chi connectivity index (χ0) is 20.6. The molecule has 4 rings (SSSR count). The summed E-state index contributed by atoms with van der Waals surface area (Å²) in [6.45, 7) is 2.51. The van der Waals surface area contributed by atoms with Gasteiger partial charge in [0.15, 0.2) is 0 Å². The Morgan fingerprint density at radius 2 is 1.76 bits per heavy atom. The first-order chi connectivity index (χ1) is 13.8. The minimum absolute atomic E-state index is 0.0761. The molecular weight excluding hydrogens is 388 g/mol. The maximum Gasteiger partial charge on any atom is 0.419 e. The van der Waals surface area contributed by atoms with E-state index >= 15 is 0 Å². The zero-order valence-corrected chi connectivity index (χ0v) is 15.6. The van der Waals surface area contributed by atoms with Crippen molar-refractivity contribution in [1.29, 1.82) is 0 Å². The highest BCUT2D eigenvalue weighted by molar-refractivity contribution is 5.32. The minimum atomic E-state index is -4.79. The molecule has 1 saturated carbocycles. The summed E-state index contributed by atoms with van der Waals surface area (Å²) in [5.41, 5.74) is -0.194. The number of ether oxygens (including phenoxy) is 1. The molecule has 2 fully saturated rings. The van der Waals surface area contributed by atoms with Crippen molar-refractivity contribution < 1.29 is 27.4 Å². The highest BCUT2D eigenvalue weighted by atomic mass is 19.4. The van der Waals surface area contributed by atoms with Crippen LogP contribution in [0.5, 0.6) is 5.75 Å². The van der Waals surface area contributed by atoms with Gasteiger partial charge in [0.2, 0.25) is 0 Å². The number of hydrogen-bond acceptors (Lipinski definition) is 4. The molecule has 1 saturated heterocycles. The Balaban J connectivity index is 1.41. The summed E-state index contributed by atoms with van der Waals surface area (Å²) in [4.78, 5) is 6.34. The van der Waals surface area contributed by atoms with Crippen LogP contribution >= 0.6 is 0 Å². The molecule has 0 bridgehead atoms. The van der Waals surface area contributed by atoms with Crippen LogP contribution in [-0.4, -0.2) is 40.3 Å². The summed E-state index contributed by atoms with van der Waals surface area (Å²) in [6.07, 6.45) is -1.57. The fourth-order valence-corrected chi connectivity index (χ4v) is 4.46. The Hall–Kier alpha value is -2.19. The van der Waals surface area contributed by atoms with Crippen LogP contribution in [0.4, 0.5) is 17.6 Å². The lowest BCUT2D eigenvalue weighted by Crippen LogP contribution is -2.42. The molecule has 8 heteroatoms. The first-order valence-electron chi connectivity index (χ1n) is 9.62. The van der Waals surface area contributed by atoms with Gasteiger partial charge < -0.3 is 9.84 Å². The molecule has 2 aromatic rings. The summed E-state index contributed by atoms with van der Waals surface area (Å²) >= 11 is 0. The predicted molar refractivity (Wildman–Crippen MR) is 97.6 cm³/mol. The number of nitrogens with zero attached hydrogens (tertiary/aromatic N) is 2. The van der Waals surface area contributed by atoms with Crippen molar-refractivity contribution in [2.24, 2.45) is 11.8 Å². The standard InChI is InChI=1S/C21H22F4N2O2/c22-18-2-1-16(9-17(18)21(23,24)25)29-20-8-15-12-27(11-14(15)7-19(20)28)10-13-3-5-26-6-4-13/h1-6,9,14-15,19-20,28H,7-8,10-12H2/t14-,15+,19+,20+/m0/s1. The summed E-state index contributed by atoms with van der Waals surface area (Å²) in [6, 6.07) is 6.53. The van der Waals surface area contributed by atoms with E-state index in [9.17, 15) is 22.7 Å². The van der Waals surface area contributed by atoms with E-state index in [1.165, 1.54) is 6.07 Å². The summed E-state index contributed by atoms with van der Waals surface area (Å²) < 4.78 is 57.9. The Morgan fingerprint density at radius 3 is 2.45 bits per heavy atom. The number of halogens is 4. The smallest absolute Gasteiger partial charge is 0.419 e. The quantitative estimate of drug-likeness (QED) is 0.777. The van der Waals surface area contributed by atoms with Crippen LogP contribution in [0, 0.1) is 17.7 Å². The number of alkyl halides is 3. The van der Waals surface area contributed by atoms with Crippen LogP contribution in [0.25, 0.3) is 0 Å². The third kappa shape index (κ3) is 4.53. The van der Waals surface area contributed by atoms with Crippen molar-refractivity contribution in [2.45, 2.75) is 37.8 Å². The van der Waals surface area contributed by atoms with Gasteiger partial charge in [-0.05, 0) is 60.6 Å². The molecule has 1 aromatic heterocycles. The van der Waals surface area contributed by atoms with Crippen LogP contribution < -0.4 is 4.74 Å². The van der Waals surface area contributed by atoms with Crippen LogP contribution in [0.2, 0.25) is 0 Å². The molecule has 0 amide bonds. The number of hydrogen-bond donors (Lipinski definition) is 1. The fraction of sp³-hybridized carbons (Fsp3) is 0.476. The van der Waals surface area contributed by atoms with E-state index in [0.717, 1.165) is 31.3 Å². The van der Waals surface area contributed by atoms with Gasteiger partial charge >= 0.3 is 6.18 Å². The van der Waals surface area contributed by atoms with E-state index in [4.69, 9.17) is 4.74 Å². The summed E-state index contributed by atoms with van der Waals surface area (Å²) in [5, 5.41) is 10.5. The van der Waals surface area contributed by atoms with Gasteiger partial charge in [0, 0.05) is 32.0 Å². The van der Waals surface area contributed by atoms with Crippen molar-refractivity contribution >= 4 is 0 Å². The van der Waals surface area contributed by atoms with Crippen molar-refractivity contribution in [3.05, 3.63) is 59.7 Å². The average Bonchev–Trinajstić information content (AvgIpc) is 3.04. The highest BCUT2D eigenvalue weighted by Crippen LogP contribution is 2.39. The topological polar surface area (TPSA) is 45.6 Å². The molecule has 29 heavy (non-hydrogen) atoms. The molecule has 0 radical (unpaired) electrons. The molecule has 1 N–H and O–H groups in total. The Kier molecular flexibility index (Phi) is 5.48. The third-order valence-electron chi connectivity index (χ3n) is 5.85. The first kappa shape index (κ1) is 20.1. The predicted octanol–water partition coefficient (Wildman–Crippen LogP) is 3.89. The highest BCUT2D eigenvalue weighted by Gasteiger charge is 2.43. The lowest BCUT2D eigenvalue weighted by Gasteiger charge is -2.35. The molecule has 2 aliphatic rings. The number of rotatable bonds is 4. The second-order valence-corrected chi connectivity index (χ2v) is 7.90. The van der Waals surface area contributed by atoms with Crippen LogP contribution in [-0.2, 0) is 12.7 Å². The van der Waals surface area contributed by atoms with Gasteiger partial charge in [-0.25, -0.2) is 4.39 Å². The Labute approximate surface area is 166 Å². The SMILES string of the molecule is O[C@@H]1C[C@H]2CN(Cc3ccncc3)C[C@H]2C[C@H]1Oc1ccc(F)c(C(F)(F)F)c1. The van der Waals surface area contributed by atoms with Crippen molar-refractivity contribution in [1.82, 2.24) is 9.88 Å². The number of aromatic nitrogens is 1. The molecule has 156 valence electrons. The van der Waals surface area contributed by atoms with E-state index < -0.39 is 29.8 Å². The van der Waals surface area contributed by atoms with Gasteiger partial charge in [0.25, 0.3) is 0 Å². The number of pyridine rings is 1. The van der Waals surface area contributed by atoms with Crippen LogP contribution in [0.15, 0.2) is 42.7 Å². The third-order valence-corrected chi connectivity index (χ3v) is 5.85. The van der Waals surface area contributed by atoms with Gasteiger partial charge in [-0.15, -0.1) is 0 Å². The number of likely N-dealkylation sites (tertiary alicyclic amines) is 1. The fourth-order valence-electron chi connectivity index (χ4n) is 4.46. The van der Waals surface area contributed by atoms with Gasteiger partial charge in [-0.2, -0.15) is 13.2 Å². The van der Waals surface area contributed by atoms with Crippen LogP contribution in [0.1, 0.15) is 24.0 Å². The molecule has 1 aliphatic carbocycles. The van der Waals surface area contributed by atoms with E-state index in [-0.39, 0.29) is 5.75 Å². The number of aliphatic hydroxyl groups excluding tert-OH is 1. The van der Waals surface area contributed by atoms with E-state index in [0.29, 0.717) is 30.7 Å². The normalized spacial score (nSPS) is 27.6. The van der Waals surface area contributed by atoms with Gasteiger partial charge in [-0.3, -0.25) is 9.88 Å². The molecule has 0 spiro atoms. The monoisotopic (exact) mass is 410 g/mol. The van der Waals surface area contributed by atoms with Gasteiger partial charge in [0.05, 0.1) is 11.7 Å². The second-order valence-electron chi connectivity index (χ2n) is 7.90. The molecule has 2 heterocycles. The number of benzene rings is 1. The Bertz CT molecular complexity index is 846. The maximum atomic E-state index is 13.5. The second kappa shape index (κ2) is 7.91. The van der Waals surface area contributed by atoms with E-state index in [2.05, 4.69) is 9.88 Å². The lowest BCUT2D eigenvalue weighted by molar-refractivity contribution is -0.140. The van der Waals surface area contributed by atoms with E-state index in [1.54, 1.807) is 12.4 Å². The zero-order valence-electron chi connectivity index (χ0n) is 15.6. The minimum Gasteiger partial charge on any atom is -0.488 e. The maximum absolute atomic E-state index is 13.5. The number of aliphatic hydroxyl groups is 1. The molecule has 1 aliphatic heterocycles. The van der Waals surface area contributed by atoms with Crippen LogP contribution in [0.3, 0.4) is 0 Å². The molecule has 1 aromatic carbocycles. The van der Waals surface area contributed by atoms with Crippen molar-refractivity contribution in [3.8, 4) is 5.75 Å². The largest absolute Gasteiger partial charge is 0.488 e. The number of fused-ring (bicyclic) bond motifs is 1. The first-order valence-corrected chi connectivity index (χ1v) is 9.62. The van der Waals surface area contributed by atoms with Gasteiger partial charge in [0.1, 0.15) is 17.7 Å². The lowest BCUT2D eigenvalue weighted by atomic mass is 9.78. The van der Waals surface area contributed by atoms with E-state index in [1.807, 2.05) is 12.1 Å². The molecule has 4 atom stereocenters. The molecular formula is C21H22F4N2O2. The van der Waals surface area contributed by atoms with Crippen molar-refractivity contribution in [2.75, 3.05) is 13.1 Å². The van der Waals surface area contributed by atoms with Crippen molar-refractivity contribution in [3.63, 3.8) is 0 Å². The Morgan fingerprint density at radius 1 is 1.07 bits per heavy atom. The van der Waals surface area contributed by atoms with Gasteiger partial charge in [-0.1, -0.05) is 0 Å². The summed E-state index contributed by atoms with van der Waals surface area (Å²) in [7, 11) is 0. The summed E-state index contributed by atoms with van der Waals surface area (Å²) in [5.74, 6) is -0.789. The molecule has 4 nitrogen and oxygen atoms in total.